The van der Waals surface area contributed by atoms with E-state index in [1.165, 1.54) is 11.1 Å². The lowest BCUT2D eigenvalue weighted by atomic mass is 10.1. The molecule has 168 valence electrons. The summed E-state index contributed by atoms with van der Waals surface area (Å²) < 4.78 is 11.7. The molecule has 0 amide bonds. The van der Waals surface area contributed by atoms with Crippen molar-refractivity contribution in [3.63, 3.8) is 0 Å². The van der Waals surface area contributed by atoms with Crippen molar-refractivity contribution in [2.45, 2.75) is 46.8 Å². The minimum absolute atomic E-state index is 0.164. The number of terminal acetylenes is 1. The van der Waals surface area contributed by atoms with Gasteiger partial charge in [0.25, 0.3) is 0 Å². The third-order valence-electron chi connectivity index (χ3n) is 6.08. The molecule has 3 atom stereocenters. The van der Waals surface area contributed by atoms with Crippen LogP contribution in [0.1, 0.15) is 44.9 Å². The molecule has 1 saturated carbocycles. The summed E-state index contributed by atoms with van der Waals surface area (Å²) in [6, 6.07) is 16.1. The maximum atomic E-state index is 12.9. The number of nitrogens with zero attached hydrogens (tertiary/aromatic N) is 1. The van der Waals surface area contributed by atoms with Crippen molar-refractivity contribution >= 4 is 17.3 Å². The summed E-state index contributed by atoms with van der Waals surface area (Å²) in [5.41, 5.74) is 4.93. The van der Waals surface area contributed by atoms with Gasteiger partial charge in [-0.05, 0) is 50.6 Å². The molecule has 0 N–H and O–H groups in total. The number of carbonyl (C=O) groups excluding carboxylic acids is 1. The van der Waals surface area contributed by atoms with Crippen molar-refractivity contribution in [3.8, 4) is 12.3 Å². The zero-order chi connectivity index (χ0) is 23.5. The molecule has 4 heteroatoms. The Morgan fingerprint density at radius 3 is 2.47 bits per heavy atom. The molecule has 1 aliphatic rings. The Morgan fingerprint density at radius 2 is 1.84 bits per heavy atom. The van der Waals surface area contributed by atoms with E-state index in [9.17, 15) is 4.79 Å². The Labute approximate surface area is 192 Å². The first-order valence-corrected chi connectivity index (χ1v) is 11.0. The highest BCUT2D eigenvalue weighted by atomic mass is 16.6. The van der Waals surface area contributed by atoms with Crippen LogP contribution in [0.25, 0.3) is 0 Å². The van der Waals surface area contributed by atoms with Crippen molar-refractivity contribution in [2.24, 2.45) is 11.3 Å². The van der Waals surface area contributed by atoms with E-state index in [1.54, 1.807) is 0 Å². The Bertz CT molecular complexity index is 1040. The normalized spacial score (nSPS) is 19.4. The Hall–Kier alpha value is -3.03. The van der Waals surface area contributed by atoms with E-state index in [-0.39, 0.29) is 23.4 Å². The second kappa shape index (κ2) is 9.63. The highest BCUT2D eigenvalue weighted by molar-refractivity contribution is 5.79. The van der Waals surface area contributed by atoms with E-state index >= 15 is 0 Å². The van der Waals surface area contributed by atoms with Crippen LogP contribution >= 0.6 is 0 Å². The Balaban J connectivity index is 1.71. The number of aryl methyl sites for hydroxylation is 1. The van der Waals surface area contributed by atoms with Gasteiger partial charge in [0.15, 0.2) is 6.10 Å². The largest absolute Gasteiger partial charge is 0.444 e. The number of hydrogen-bond acceptors (Lipinski definition) is 4. The molecule has 3 rings (SSSR count). The van der Waals surface area contributed by atoms with Crippen molar-refractivity contribution in [3.05, 3.63) is 71.3 Å². The third kappa shape index (κ3) is 5.23. The first kappa shape index (κ1) is 23.6. The van der Waals surface area contributed by atoms with Crippen LogP contribution in [0.4, 0.5) is 11.4 Å². The molecule has 2 aromatic rings. The molecule has 0 aliphatic heterocycles. The molecule has 4 nitrogen and oxygen atoms in total. The first-order valence-electron chi connectivity index (χ1n) is 11.0. The van der Waals surface area contributed by atoms with Gasteiger partial charge in [0, 0.05) is 29.4 Å². The first-order chi connectivity index (χ1) is 15.1. The van der Waals surface area contributed by atoms with E-state index in [0.717, 1.165) is 16.9 Å². The summed E-state index contributed by atoms with van der Waals surface area (Å²) in [5, 5.41) is 0. The minimum Gasteiger partial charge on any atom is -0.444 e. The molecule has 0 radical (unpaired) electrons. The molecular formula is C28H33NO3. The van der Waals surface area contributed by atoms with Crippen LogP contribution in [0, 0.1) is 30.6 Å². The van der Waals surface area contributed by atoms with Gasteiger partial charge in [-0.3, -0.25) is 4.79 Å². The smallest absolute Gasteiger partial charge is 0.313 e. The summed E-state index contributed by atoms with van der Waals surface area (Å²) in [6.07, 6.45) is 6.87. The van der Waals surface area contributed by atoms with Gasteiger partial charge in [-0.2, -0.15) is 0 Å². The van der Waals surface area contributed by atoms with Crippen LogP contribution in [0.5, 0.6) is 0 Å². The molecule has 0 heterocycles. The maximum Gasteiger partial charge on any atom is 0.313 e. The molecule has 0 saturated heterocycles. The van der Waals surface area contributed by atoms with Gasteiger partial charge in [0.05, 0.1) is 18.6 Å². The van der Waals surface area contributed by atoms with E-state index in [0.29, 0.717) is 6.61 Å². The number of esters is 1. The van der Waals surface area contributed by atoms with E-state index in [4.69, 9.17) is 15.9 Å². The quantitative estimate of drug-likeness (QED) is 0.292. The van der Waals surface area contributed by atoms with Gasteiger partial charge < -0.3 is 14.4 Å². The Morgan fingerprint density at radius 1 is 1.19 bits per heavy atom. The third-order valence-corrected chi connectivity index (χ3v) is 6.08. The van der Waals surface area contributed by atoms with Crippen LogP contribution in [-0.4, -0.2) is 25.7 Å². The zero-order valence-corrected chi connectivity index (χ0v) is 19.9. The van der Waals surface area contributed by atoms with Crippen molar-refractivity contribution in [1.29, 1.82) is 0 Å². The molecule has 1 fully saturated rings. The summed E-state index contributed by atoms with van der Waals surface area (Å²) in [6.45, 7) is 10.6. The lowest BCUT2D eigenvalue weighted by molar-refractivity contribution is -0.150. The van der Waals surface area contributed by atoms with Crippen LogP contribution in [0.2, 0.25) is 0 Å². The lowest BCUT2D eigenvalue weighted by Crippen LogP contribution is -2.16. The van der Waals surface area contributed by atoms with Crippen molar-refractivity contribution in [2.75, 3.05) is 18.6 Å². The Kier molecular flexibility index (Phi) is 7.11. The van der Waals surface area contributed by atoms with E-state index in [1.807, 2.05) is 71.2 Å². The molecule has 1 aliphatic carbocycles. The topological polar surface area (TPSA) is 38.8 Å². The van der Waals surface area contributed by atoms with Gasteiger partial charge in [0.2, 0.25) is 0 Å². The fraction of sp³-hybridized carbons (Fsp3) is 0.393. The summed E-state index contributed by atoms with van der Waals surface area (Å²) in [5.74, 6) is 2.01. The van der Waals surface area contributed by atoms with Gasteiger partial charge in [-0.15, -0.1) is 6.42 Å². The molecule has 3 unspecified atom stereocenters. The number of allylic oxidation sites excluding steroid dienone is 1. The molecule has 0 aromatic heterocycles. The van der Waals surface area contributed by atoms with Crippen LogP contribution in [0.15, 0.2) is 60.2 Å². The predicted octanol–water partition coefficient (Wildman–Crippen LogP) is 5.99. The van der Waals surface area contributed by atoms with Crippen LogP contribution in [0.3, 0.4) is 0 Å². The number of rotatable bonds is 8. The molecule has 0 spiro atoms. The standard InChI is InChI=1S/C28H33NO3/c1-8-24(32-27(30)25-26(28(25,5)6)31-16-15-19(2)3)21-12-10-14-23(18-21)29(7)22-13-9-11-20(4)17-22/h1,9-15,17-18,24-26H,16H2,2-7H3. The summed E-state index contributed by atoms with van der Waals surface area (Å²) >= 11 is 0. The number of benzene rings is 2. The van der Waals surface area contributed by atoms with Crippen LogP contribution in [-0.2, 0) is 14.3 Å². The monoisotopic (exact) mass is 431 g/mol. The molecule has 2 aromatic carbocycles. The summed E-state index contributed by atoms with van der Waals surface area (Å²) in [7, 11) is 2.01. The van der Waals surface area contributed by atoms with E-state index < -0.39 is 6.10 Å². The van der Waals surface area contributed by atoms with Crippen molar-refractivity contribution in [1.82, 2.24) is 0 Å². The maximum absolute atomic E-state index is 12.9. The molecule has 32 heavy (non-hydrogen) atoms. The summed E-state index contributed by atoms with van der Waals surface area (Å²) in [4.78, 5) is 15.0. The second-order valence-corrected chi connectivity index (χ2v) is 9.31. The van der Waals surface area contributed by atoms with Crippen molar-refractivity contribution < 1.29 is 14.3 Å². The predicted molar refractivity (Wildman–Crippen MR) is 130 cm³/mol. The fourth-order valence-corrected chi connectivity index (χ4v) is 3.92. The number of anilines is 2. The number of ether oxygens (including phenoxy) is 2. The lowest BCUT2D eigenvalue weighted by Gasteiger charge is -2.22. The molecular weight excluding hydrogens is 398 g/mol. The minimum atomic E-state index is -0.747. The van der Waals surface area contributed by atoms with Crippen LogP contribution < -0.4 is 4.90 Å². The average molecular weight is 432 g/mol. The average Bonchev–Trinajstić information content (AvgIpc) is 3.31. The fourth-order valence-electron chi connectivity index (χ4n) is 3.92. The molecule has 0 bridgehead atoms. The number of carbonyl (C=O) groups is 1. The van der Waals surface area contributed by atoms with Gasteiger partial charge in [-0.25, -0.2) is 0 Å². The van der Waals surface area contributed by atoms with Gasteiger partial charge in [0.1, 0.15) is 0 Å². The van der Waals surface area contributed by atoms with Gasteiger partial charge >= 0.3 is 5.97 Å². The SMILES string of the molecule is C#CC(OC(=O)C1C(OCC=C(C)C)C1(C)C)c1cccc(N(C)c2cccc(C)c2)c1. The van der Waals surface area contributed by atoms with E-state index in [2.05, 4.69) is 35.9 Å². The van der Waals surface area contributed by atoms with Gasteiger partial charge in [-0.1, -0.05) is 55.7 Å². The highest BCUT2D eigenvalue weighted by Crippen LogP contribution is 2.55. The zero-order valence-electron chi connectivity index (χ0n) is 19.9. The number of hydrogen-bond donors (Lipinski definition) is 0. The second-order valence-electron chi connectivity index (χ2n) is 9.31. The highest BCUT2D eigenvalue weighted by Gasteiger charge is 2.64.